The van der Waals surface area contributed by atoms with Crippen LogP contribution in [0.15, 0.2) is 41.3 Å². The lowest BCUT2D eigenvalue weighted by Gasteiger charge is -2.06. The highest BCUT2D eigenvalue weighted by molar-refractivity contribution is 5.58. The lowest BCUT2D eigenvalue weighted by molar-refractivity contribution is 0.558. The summed E-state index contributed by atoms with van der Waals surface area (Å²) < 4.78 is 4.93. The van der Waals surface area contributed by atoms with Gasteiger partial charge < -0.3 is 10.2 Å². The molecule has 0 bridgehead atoms. The van der Waals surface area contributed by atoms with Crippen molar-refractivity contribution < 1.29 is 4.42 Å². The molecule has 0 saturated carbocycles. The summed E-state index contributed by atoms with van der Waals surface area (Å²) in [6.07, 6.45) is 3.05. The number of hydrogen-bond donors (Lipinski definition) is 1. The summed E-state index contributed by atoms with van der Waals surface area (Å²) >= 11 is 0. The highest BCUT2D eigenvalue weighted by Gasteiger charge is 2.03. The van der Waals surface area contributed by atoms with Gasteiger partial charge >= 0.3 is 0 Å². The molecule has 2 rings (SSSR count). The van der Waals surface area contributed by atoms with Gasteiger partial charge in [0.25, 0.3) is 0 Å². The largest absolute Gasteiger partial charge is 0.451 e. The smallest absolute Gasteiger partial charge is 0.181 e. The van der Waals surface area contributed by atoms with Crippen LogP contribution in [0.1, 0.15) is 18.5 Å². The first-order valence-corrected chi connectivity index (χ1v) is 4.51. The van der Waals surface area contributed by atoms with E-state index in [1.165, 1.54) is 6.39 Å². The zero-order chi connectivity index (χ0) is 9.97. The fourth-order valence-electron chi connectivity index (χ4n) is 1.34. The maximum atomic E-state index is 5.79. The van der Waals surface area contributed by atoms with Gasteiger partial charge in [-0.15, -0.1) is 0 Å². The molecule has 0 aliphatic rings. The Bertz CT molecular complexity index is 407. The molecule has 2 aromatic rings. The number of aromatic nitrogens is 1. The molecule has 1 atom stereocenters. The Kier molecular flexibility index (Phi) is 2.33. The van der Waals surface area contributed by atoms with Crippen LogP contribution in [0.2, 0.25) is 0 Å². The molecule has 3 heteroatoms. The van der Waals surface area contributed by atoms with Gasteiger partial charge in [-0.25, -0.2) is 4.98 Å². The minimum absolute atomic E-state index is 0.0434. The van der Waals surface area contributed by atoms with Crippen molar-refractivity contribution in [2.75, 3.05) is 0 Å². The van der Waals surface area contributed by atoms with Gasteiger partial charge in [0, 0.05) is 11.6 Å². The van der Waals surface area contributed by atoms with E-state index in [1.807, 2.05) is 31.2 Å². The first-order chi connectivity index (χ1) is 6.77. The van der Waals surface area contributed by atoms with Gasteiger partial charge in [-0.3, -0.25) is 0 Å². The molecule has 0 aliphatic carbocycles. The first-order valence-electron chi connectivity index (χ1n) is 4.51. The number of rotatable bonds is 2. The van der Waals surface area contributed by atoms with Crippen molar-refractivity contribution in [2.45, 2.75) is 13.0 Å². The minimum Gasteiger partial charge on any atom is -0.451 e. The van der Waals surface area contributed by atoms with Crippen LogP contribution >= 0.6 is 0 Å². The summed E-state index contributed by atoms with van der Waals surface area (Å²) in [4.78, 5) is 4.08. The number of oxazole rings is 1. The Hall–Kier alpha value is -1.61. The van der Waals surface area contributed by atoms with E-state index in [2.05, 4.69) is 4.98 Å². The predicted molar refractivity (Wildman–Crippen MR) is 54.5 cm³/mol. The fraction of sp³-hybridized carbons (Fsp3) is 0.182. The van der Waals surface area contributed by atoms with Gasteiger partial charge in [0.2, 0.25) is 0 Å². The molecule has 1 heterocycles. The van der Waals surface area contributed by atoms with Gasteiger partial charge in [0.1, 0.15) is 12.0 Å². The molecule has 3 nitrogen and oxygen atoms in total. The molecule has 0 fully saturated rings. The standard InChI is InChI=1S/C11H12N2O/c1-8(12)9-3-2-4-10(5-9)11-6-14-7-13-11/h2-8H,12H2,1H3/t8-/m0/s1. The zero-order valence-corrected chi connectivity index (χ0v) is 7.97. The van der Waals surface area contributed by atoms with Crippen LogP contribution in [-0.4, -0.2) is 4.98 Å². The van der Waals surface area contributed by atoms with Crippen LogP contribution in [0, 0.1) is 0 Å². The summed E-state index contributed by atoms with van der Waals surface area (Å²) in [6.45, 7) is 1.96. The van der Waals surface area contributed by atoms with Gasteiger partial charge in [-0.2, -0.15) is 0 Å². The third kappa shape index (κ3) is 1.67. The molecule has 0 aliphatic heterocycles. The molecule has 72 valence electrons. The maximum absolute atomic E-state index is 5.79. The fourth-order valence-corrected chi connectivity index (χ4v) is 1.34. The Morgan fingerprint density at radius 3 is 2.93 bits per heavy atom. The second kappa shape index (κ2) is 3.64. The average Bonchev–Trinajstić information content (AvgIpc) is 2.71. The first kappa shape index (κ1) is 8.97. The summed E-state index contributed by atoms with van der Waals surface area (Å²) in [7, 11) is 0. The minimum atomic E-state index is 0.0434. The molecule has 0 spiro atoms. The summed E-state index contributed by atoms with van der Waals surface area (Å²) in [5, 5.41) is 0. The quantitative estimate of drug-likeness (QED) is 0.787. The second-order valence-electron chi connectivity index (χ2n) is 3.29. The summed E-state index contributed by atoms with van der Waals surface area (Å²) in [6, 6.07) is 8.05. The summed E-state index contributed by atoms with van der Waals surface area (Å²) in [5.74, 6) is 0. The number of hydrogen-bond acceptors (Lipinski definition) is 3. The molecule has 0 unspecified atom stereocenters. The van der Waals surface area contributed by atoms with Crippen molar-refractivity contribution in [1.82, 2.24) is 4.98 Å². The van der Waals surface area contributed by atoms with Crippen molar-refractivity contribution in [3.05, 3.63) is 42.5 Å². The van der Waals surface area contributed by atoms with E-state index in [1.54, 1.807) is 6.26 Å². The van der Waals surface area contributed by atoms with Gasteiger partial charge in [0.05, 0.1) is 0 Å². The monoisotopic (exact) mass is 188 g/mol. The molecular formula is C11H12N2O. The Labute approximate surface area is 82.6 Å². The second-order valence-corrected chi connectivity index (χ2v) is 3.29. The van der Waals surface area contributed by atoms with Crippen molar-refractivity contribution in [1.29, 1.82) is 0 Å². The Morgan fingerprint density at radius 1 is 1.43 bits per heavy atom. The van der Waals surface area contributed by atoms with E-state index >= 15 is 0 Å². The Morgan fingerprint density at radius 2 is 2.29 bits per heavy atom. The van der Waals surface area contributed by atoms with Crippen molar-refractivity contribution in [2.24, 2.45) is 5.73 Å². The molecule has 1 aromatic carbocycles. The Balaban J connectivity index is 2.41. The topological polar surface area (TPSA) is 52.0 Å². The molecule has 1 aromatic heterocycles. The molecule has 14 heavy (non-hydrogen) atoms. The normalized spacial score (nSPS) is 12.7. The van der Waals surface area contributed by atoms with Crippen LogP contribution < -0.4 is 5.73 Å². The van der Waals surface area contributed by atoms with E-state index < -0.39 is 0 Å². The van der Waals surface area contributed by atoms with E-state index in [-0.39, 0.29) is 6.04 Å². The molecule has 0 radical (unpaired) electrons. The molecule has 2 N–H and O–H groups in total. The third-order valence-electron chi connectivity index (χ3n) is 2.14. The molecule has 0 saturated heterocycles. The number of nitrogens with two attached hydrogens (primary N) is 1. The van der Waals surface area contributed by atoms with Crippen molar-refractivity contribution in [3.8, 4) is 11.3 Å². The van der Waals surface area contributed by atoms with Crippen LogP contribution in [0.5, 0.6) is 0 Å². The van der Waals surface area contributed by atoms with Gasteiger partial charge in [-0.05, 0) is 18.6 Å². The van der Waals surface area contributed by atoms with E-state index in [0.717, 1.165) is 16.8 Å². The SMILES string of the molecule is C[C@H](N)c1cccc(-c2cocn2)c1. The highest BCUT2D eigenvalue weighted by Crippen LogP contribution is 2.20. The summed E-state index contributed by atoms with van der Waals surface area (Å²) in [5.41, 5.74) is 8.77. The highest BCUT2D eigenvalue weighted by atomic mass is 16.3. The lowest BCUT2D eigenvalue weighted by Crippen LogP contribution is -2.04. The maximum Gasteiger partial charge on any atom is 0.181 e. The number of benzene rings is 1. The van der Waals surface area contributed by atoms with Crippen LogP contribution in [-0.2, 0) is 0 Å². The van der Waals surface area contributed by atoms with Gasteiger partial charge in [0.15, 0.2) is 6.39 Å². The van der Waals surface area contributed by atoms with Crippen LogP contribution in [0.4, 0.5) is 0 Å². The number of nitrogens with zero attached hydrogens (tertiary/aromatic N) is 1. The van der Waals surface area contributed by atoms with Gasteiger partial charge in [-0.1, -0.05) is 18.2 Å². The average molecular weight is 188 g/mol. The lowest BCUT2D eigenvalue weighted by atomic mass is 10.0. The van der Waals surface area contributed by atoms with E-state index in [0.29, 0.717) is 0 Å². The van der Waals surface area contributed by atoms with Crippen molar-refractivity contribution >= 4 is 0 Å². The van der Waals surface area contributed by atoms with Crippen LogP contribution in [0.25, 0.3) is 11.3 Å². The van der Waals surface area contributed by atoms with Crippen molar-refractivity contribution in [3.63, 3.8) is 0 Å². The van der Waals surface area contributed by atoms with Crippen LogP contribution in [0.3, 0.4) is 0 Å². The zero-order valence-electron chi connectivity index (χ0n) is 7.97. The predicted octanol–water partition coefficient (Wildman–Crippen LogP) is 2.36. The van der Waals surface area contributed by atoms with E-state index in [4.69, 9.17) is 10.2 Å². The molecule has 0 amide bonds. The third-order valence-corrected chi connectivity index (χ3v) is 2.14. The van der Waals surface area contributed by atoms with E-state index in [9.17, 15) is 0 Å². The molecular weight excluding hydrogens is 176 g/mol.